The molecule has 25 heavy (non-hydrogen) atoms. The lowest BCUT2D eigenvalue weighted by Crippen LogP contribution is -2.26. The monoisotopic (exact) mass is 406 g/mol. The summed E-state index contributed by atoms with van der Waals surface area (Å²) in [5.74, 6) is -0.244. The van der Waals surface area contributed by atoms with E-state index in [4.69, 9.17) is 21.9 Å². The van der Waals surface area contributed by atoms with Gasteiger partial charge in [0.2, 0.25) is 5.96 Å². The third kappa shape index (κ3) is 5.18. The lowest BCUT2D eigenvalue weighted by atomic mass is 10.2. The number of hydrogen-bond acceptors (Lipinski definition) is 4. The summed E-state index contributed by atoms with van der Waals surface area (Å²) in [7, 11) is 0. The van der Waals surface area contributed by atoms with Gasteiger partial charge >= 0.3 is 0 Å². The number of nitrogens with zero attached hydrogens (tertiary/aromatic N) is 3. The highest BCUT2D eigenvalue weighted by Crippen LogP contribution is 2.38. The van der Waals surface area contributed by atoms with E-state index in [9.17, 15) is 10.1 Å². The molecule has 0 saturated heterocycles. The Morgan fingerprint density at radius 3 is 2.48 bits per heavy atom. The molecule has 0 aromatic heterocycles. The molecule has 0 heterocycles. The van der Waals surface area contributed by atoms with Crippen molar-refractivity contribution in [1.29, 1.82) is 0 Å². The third-order valence-electron chi connectivity index (χ3n) is 2.94. The maximum Gasteiger partial charge on any atom is 0.296 e. The van der Waals surface area contributed by atoms with Crippen molar-refractivity contribution in [3.63, 3.8) is 0 Å². The van der Waals surface area contributed by atoms with Crippen molar-refractivity contribution in [2.24, 2.45) is 27.2 Å². The van der Waals surface area contributed by atoms with Gasteiger partial charge in [-0.3, -0.25) is 10.1 Å². The number of nitro benzene ring substituents is 1. The summed E-state index contributed by atoms with van der Waals surface area (Å²) in [6.07, 6.45) is 0. The summed E-state index contributed by atoms with van der Waals surface area (Å²) in [6, 6.07) is 12.1. The second kappa shape index (κ2) is 8.11. The molecule has 0 aliphatic rings. The van der Waals surface area contributed by atoms with Crippen molar-refractivity contribution in [1.82, 2.24) is 0 Å². The second-order valence-corrected chi connectivity index (χ2v) is 5.66. The van der Waals surface area contributed by atoms with Gasteiger partial charge < -0.3 is 21.9 Å². The number of ether oxygens (including phenoxy) is 1. The van der Waals surface area contributed by atoms with E-state index in [0.29, 0.717) is 10.2 Å². The van der Waals surface area contributed by atoms with Crippen molar-refractivity contribution in [2.75, 3.05) is 0 Å². The maximum absolute atomic E-state index is 11.2. The van der Waals surface area contributed by atoms with Crippen LogP contribution in [0.4, 0.5) is 11.4 Å². The minimum atomic E-state index is -0.590. The number of nitrogens with two attached hydrogens (primary N) is 3. The standard InChI is InChI=1S/C15H15BrN6O3/c16-10-6-12(22(23)24)11(20-15(19)21-14(17)18)7-13(10)25-8-9-4-2-1-3-5-9/h1-7H,8H2,(H6,17,18,19,20,21). The summed E-state index contributed by atoms with van der Waals surface area (Å²) >= 11 is 3.25. The average Bonchev–Trinajstić information content (AvgIpc) is 2.54. The predicted molar refractivity (Wildman–Crippen MR) is 98.7 cm³/mol. The molecule has 2 aromatic carbocycles. The first-order valence-electron chi connectivity index (χ1n) is 6.95. The number of nitro groups is 1. The van der Waals surface area contributed by atoms with Crippen molar-refractivity contribution >= 4 is 39.2 Å². The molecule has 0 aliphatic carbocycles. The first-order chi connectivity index (χ1) is 11.9. The minimum absolute atomic E-state index is 0.0289. The van der Waals surface area contributed by atoms with Gasteiger partial charge in [0, 0.05) is 12.1 Å². The van der Waals surface area contributed by atoms with Gasteiger partial charge in [0.25, 0.3) is 5.69 Å². The van der Waals surface area contributed by atoms with E-state index in [0.717, 1.165) is 5.56 Å². The molecule has 2 aromatic rings. The first-order valence-corrected chi connectivity index (χ1v) is 7.74. The minimum Gasteiger partial charge on any atom is -0.488 e. The highest BCUT2D eigenvalue weighted by Gasteiger charge is 2.18. The Balaban J connectivity index is 2.36. The van der Waals surface area contributed by atoms with Crippen LogP contribution in [0.15, 0.2) is 56.9 Å². The largest absolute Gasteiger partial charge is 0.488 e. The van der Waals surface area contributed by atoms with Crippen LogP contribution in [0.2, 0.25) is 0 Å². The van der Waals surface area contributed by atoms with E-state index in [2.05, 4.69) is 25.9 Å². The zero-order chi connectivity index (χ0) is 18.4. The van der Waals surface area contributed by atoms with Crippen molar-refractivity contribution in [2.45, 2.75) is 6.61 Å². The van der Waals surface area contributed by atoms with Crippen molar-refractivity contribution < 1.29 is 9.66 Å². The van der Waals surface area contributed by atoms with Gasteiger partial charge in [-0.25, -0.2) is 4.99 Å². The number of rotatable bonds is 5. The van der Waals surface area contributed by atoms with Crippen LogP contribution in [0.5, 0.6) is 5.75 Å². The van der Waals surface area contributed by atoms with Crippen LogP contribution < -0.4 is 21.9 Å². The number of benzene rings is 2. The van der Waals surface area contributed by atoms with Gasteiger partial charge in [0.05, 0.1) is 9.40 Å². The summed E-state index contributed by atoms with van der Waals surface area (Å²) in [6.45, 7) is 0.282. The van der Waals surface area contributed by atoms with E-state index in [-0.39, 0.29) is 29.9 Å². The van der Waals surface area contributed by atoms with E-state index in [1.54, 1.807) is 0 Å². The van der Waals surface area contributed by atoms with Gasteiger partial charge in [-0.2, -0.15) is 4.99 Å². The Bertz CT molecular complexity index is 835. The highest BCUT2D eigenvalue weighted by molar-refractivity contribution is 9.10. The molecular formula is C15H15BrN6O3. The SMILES string of the molecule is NC(N)=NC(N)=Nc1cc(OCc2ccccc2)c(Br)cc1[N+](=O)[O-]. The van der Waals surface area contributed by atoms with Crippen molar-refractivity contribution in [3.8, 4) is 5.75 Å². The van der Waals surface area contributed by atoms with Crippen LogP contribution in [0.1, 0.15) is 5.56 Å². The van der Waals surface area contributed by atoms with Crippen molar-refractivity contribution in [3.05, 3.63) is 62.6 Å². The molecule has 0 aliphatic heterocycles. The molecule has 10 heteroatoms. The van der Waals surface area contributed by atoms with Crippen LogP contribution in [-0.2, 0) is 6.61 Å². The molecule has 6 N–H and O–H groups in total. The number of hydrogen-bond donors (Lipinski definition) is 3. The molecule has 0 unspecified atom stereocenters. The van der Waals surface area contributed by atoms with E-state index in [1.165, 1.54) is 12.1 Å². The Labute approximate surface area is 151 Å². The Hall–Kier alpha value is -3.14. The van der Waals surface area contributed by atoms with Gasteiger partial charge in [0.1, 0.15) is 18.0 Å². The fraction of sp³-hybridized carbons (Fsp3) is 0.0667. The Morgan fingerprint density at radius 2 is 1.88 bits per heavy atom. The third-order valence-corrected chi connectivity index (χ3v) is 3.56. The summed E-state index contributed by atoms with van der Waals surface area (Å²) < 4.78 is 6.11. The van der Waals surface area contributed by atoms with Crippen LogP contribution in [0.25, 0.3) is 0 Å². The molecular weight excluding hydrogens is 392 g/mol. The maximum atomic E-state index is 11.2. The van der Waals surface area contributed by atoms with Gasteiger partial charge in [0.15, 0.2) is 5.96 Å². The normalized spacial score (nSPS) is 11.0. The fourth-order valence-corrected chi connectivity index (χ4v) is 2.34. The smallest absolute Gasteiger partial charge is 0.296 e. The number of halogens is 1. The number of aliphatic imine (C=N–C) groups is 2. The summed E-state index contributed by atoms with van der Waals surface area (Å²) in [5, 5.41) is 11.2. The number of guanidine groups is 2. The Morgan fingerprint density at radius 1 is 1.20 bits per heavy atom. The molecule has 0 atom stereocenters. The summed E-state index contributed by atoms with van der Waals surface area (Å²) in [5.41, 5.74) is 16.6. The molecule has 2 rings (SSSR count). The average molecular weight is 407 g/mol. The predicted octanol–water partition coefficient (Wildman–Crippen LogP) is 2.16. The van der Waals surface area contributed by atoms with Crippen LogP contribution >= 0.6 is 15.9 Å². The van der Waals surface area contributed by atoms with Gasteiger partial charge in [-0.15, -0.1) is 0 Å². The zero-order valence-corrected chi connectivity index (χ0v) is 14.5. The van der Waals surface area contributed by atoms with E-state index >= 15 is 0 Å². The molecule has 0 bridgehead atoms. The first kappa shape index (κ1) is 18.2. The molecule has 0 amide bonds. The van der Waals surface area contributed by atoms with E-state index in [1.807, 2.05) is 30.3 Å². The van der Waals surface area contributed by atoms with Crippen LogP contribution in [-0.4, -0.2) is 16.8 Å². The second-order valence-electron chi connectivity index (χ2n) is 4.81. The fourth-order valence-electron chi connectivity index (χ4n) is 1.89. The lowest BCUT2D eigenvalue weighted by molar-refractivity contribution is -0.384. The topological polar surface area (TPSA) is 155 Å². The summed E-state index contributed by atoms with van der Waals surface area (Å²) in [4.78, 5) is 18.1. The van der Waals surface area contributed by atoms with Gasteiger partial charge in [-0.05, 0) is 21.5 Å². The van der Waals surface area contributed by atoms with Gasteiger partial charge in [-0.1, -0.05) is 30.3 Å². The molecule has 9 nitrogen and oxygen atoms in total. The lowest BCUT2D eigenvalue weighted by Gasteiger charge is -2.09. The molecule has 0 radical (unpaired) electrons. The Kier molecular flexibility index (Phi) is 5.90. The quantitative estimate of drug-likeness (QED) is 0.299. The molecule has 0 fully saturated rings. The van der Waals surface area contributed by atoms with Crippen LogP contribution in [0, 0.1) is 10.1 Å². The van der Waals surface area contributed by atoms with E-state index < -0.39 is 4.92 Å². The molecule has 130 valence electrons. The molecule has 0 saturated carbocycles. The van der Waals surface area contributed by atoms with Crippen LogP contribution in [0.3, 0.4) is 0 Å². The highest BCUT2D eigenvalue weighted by atomic mass is 79.9. The zero-order valence-electron chi connectivity index (χ0n) is 12.9. The molecule has 0 spiro atoms.